The van der Waals surface area contributed by atoms with Crippen molar-refractivity contribution in [2.24, 2.45) is 4.99 Å². The molecule has 0 aromatic carbocycles. The summed E-state index contributed by atoms with van der Waals surface area (Å²) in [5.74, 6) is 2.14. The van der Waals surface area contributed by atoms with Crippen molar-refractivity contribution in [2.45, 2.75) is 58.9 Å². The van der Waals surface area contributed by atoms with Gasteiger partial charge in [0.15, 0.2) is 5.96 Å². The highest BCUT2D eigenvalue weighted by molar-refractivity contribution is 5.80. The van der Waals surface area contributed by atoms with Gasteiger partial charge in [-0.2, -0.15) is 0 Å². The van der Waals surface area contributed by atoms with Gasteiger partial charge in [-0.3, -0.25) is 4.99 Å². The summed E-state index contributed by atoms with van der Waals surface area (Å²) in [6.45, 7) is 12.8. The van der Waals surface area contributed by atoms with Crippen LogP contribution in [-0.2, 0) is 0 Å². The van der Waals surface area contributed by atoms with Crippen molar-refractivity contribution >= 4 is 5.96 Å². The first kappa shape index (κ1) is 18.8. The predicted molar refractivity (Wildman–Crippen MR) is 98.6 cm³/mol. The number of hydrogen-bond donors (Lipinski definition) is 2. The first-order valence-electron chi connectivity index (χ1n) is 9.17. The SMILES string of the molecule is CCCN1CCC(NC(=NC)NCC(C)c2c(C)noc2C)CC1. The Kier molecular flexibility index (Phi) is 7.09. The van der Waals surface area contributed by atoms with Gasteiger partial charge < -0.3 is 20.1 Å². The lowest BCUT2D eigenvalue weighted by Gasteiger charge is -2.33. The van der Waals surface area contributed by atoms with Crippen LogP contribution in [0, 0.1) is 13.8 Å². The van der Waals surface area contributed by atoms with Gasteiger partial charge in [-0.25, -0.2) is 0 Å². The van der Waals surface area contributed by atoms with Gasteiger partial charge in [0, 0.05) is 44.2 Å². The Hall–Kier alpha value is -1.56. The number of nitrogens with zero attached hydrogens (tertiary/aromatic N) is 3. The van der Waals surface area contributed by atoms with E-state index >= 15 is 0 Å². The summed E-state index contributed by atoms with van der Waals surface area (Å²) in [6.07, 6.45) is 3.60. The van der Waals surface area contributed by atoms with E-state index < -0.39 is 0 Å². The normalized spacial score (nSPS) is 18.6. The quantitative estimate of drug-likeness (QED) is 0.617. The van der Waals surface area contributed by atoms with Gasteiger partial charge in [-0.1, -0.05) is 19.0 Å². The van der Waals surface area contributed by atoms with Gasteiger partial charge in [0.25, 0.3) is 0 Å². The third-order valence-electron chi connectivity index (χ3n) is 4.85. The summed E-state index contributed by atoms with van der Waals surface area (Å²) < 4.78 is 5.27. The Balaban J connectivity index is 1.79. The fraction of sp³-hybridized carbons (Fsp3) is 0.778. The molecular weight excluding hydrogens is 302 g/mol. The Bertz CT molecular complexity index is 512. The van der Waals surface area contributed by atoms with Crippen molar-refractivity contribution < 1.29 is 4.52 Å². The summed E-state index contributed by atoms with van der Waals surface area (Å²) in [6, 6.07) is 0.513. The second kappa shape index (κ2) is 9.06. The summed E-state index contributed by atoms with van der Waals surface area (Å²) in [4.78, 5) is 6.93. The van der Waals surface area contributed by atoms with Crippen LogP contribution in [0.2, 0.25) is 0 Å². The Morgan fingerprint density at radius 2 is 2.08 bits per heavy atom. The zero-order chi connectivity index (χ0) is 17.5. The van der Waals surface area contributed by atoms with Crippen LogP contribution in [0.15, 0.2) is 9.52 Å². The second-order valence-corrected chi connectivity index (χ2v) is 6.85. The summed E-state index contributed by atoms with van der Waals surface area (Å²) in [7, 11) is 1.84. The lowest BCUT2D eigenvalue weighted by Crippen LogP contribution is -2.49. The Morgan fingerprint density at radius 1 is 1.38 bits per heavy atom. The highest BCUT2D eigenvalue weighted by Crippen LogP contribution is 2.22. The van der Waals surface area contributed by atoms with Crippen LogP contribution < -0.4 is 10.6 Å². The smallest absolute Gasteiger partial charge is 0.191 e. The number of hydrogen-bond acceptors (Lipinski definition) is 4. The molecule has 1 aromatic rings. The monoisotopic (exact) mass is 335 g/mol. The van der Waals surface area contributed by atoms with Gasteiger partial charge >= 0.3 is 0 Å². The molecule has 2 heterocycles. The molecule has 1 atom stereocenters. The molecule has 0 spiro atoms. The maximum atomic E-state index is 5.27. The highest BCUT2D eigenvalue weighted by Gasteiger charge is 2.20. The van der Waals surface area contributed by atoms with Crippen LogP contribution >= 0.6 is 0 Å². The van der Waals surface area contributed by atoms with Crippen molar-refractivity contribution in [1.82, 2.24) is 20.7 Å². The van der Waals surface area contributed by atoms with E-state index in [1.54, 1.807) is 0 Å². The standard InChI is InChI=1S/C18H33N5O/c1-6-9-23-10-7-16(8-11-23)21-18(19-5)20-12-13(2)17-14(3)22-24-15(17)4/h13,16H,6-12H2,1-5H3,(H2,19,20,21). The van der Waals surface area contributed by atoms with E-state index in [9.17, 15) is 0 Å². The predicted octanol–water partition coefficient (Wildman–Crippen LogP) is 2.43. The fourth-order valence-corrected chi connectivity index (χ4v) is 3.55. The maximum absolute atomic E-state index is 5.27. The molecule has 2 rings (SSSR count). The highest BCUT2D eigenvalue weighted by atomic mass is 16.5. The summed E-state index contributed by atoms with van der Waals surface area (Å²) in [5.41, 5.74) is 2.18. The van der Waals surface area contributed by atoms with Gasteiger partial charge in [0.05, 0.1) is 5.69 Å². The topological polar surface area (TPSA) is 65.7 Å². The molecule has 2 N–H and O–H groups in total. The number of nitrogens with one attached hydrogen (secondary N) is 2. The molecule has 1 aliphatic rings. The average molecular weight is 335 g/mol. The number of likely N-dealkylation sites (tertiary alicyclic amines) is 1. The molecule has 1 unspecified atom stereocenters. The molecule has 6 heteroatoms. The third kappa shape index (κ3) is 4.97. The number of aryl methyl sites for hydroxylation is 2. The van der Waals surface area contributed by atoms with Crippen LogP contribution in [0.3, 0.4) is 0 Å². The van der Waals surface area contributed by atoms with Crippen LogP contribution in [0.4, 0.5) is 0 Å². The van der Waals surface area contributed by atoms with Crippen molar-refractivity contribution in [1.29, 1.82) is 0 Å². The molecule has 0 amide bonds. The van der Waals surface area contributed by atoms with Crippen molar-refractivity contribution in [3.63, 3.8) is 0 Å². The van der Waals surface area contributed by atoms with Crippen LogP contribution in [0.1, 0.15) is 56.0 Å². The minimum Gasteiger partial charge on any atom is -0.361 e. The van der Waals surface area contributed by atoms with Crippen molar-refractivity contribution in [3.8, 4) is 0 Å². The zero-order valence-corrected chi connectivity index (χ0v) is 15.9. The fourth-order valence-electron chi connectivity index (χ4n) is 3.55. The van der Waals surface area contributed by atoms with Crippen LogP contribution in [0.25, 0.3) is 0 Å². The van der Waals surface area contributed by atoms with E-state index in [2.05, 4.69) is 39.5 Å². The van der Waals surface area contributed by atoms with E-state index in [0.29, 0.717) is 12.0 Å². The van der Waals surface area contributed by atoms with E-state index in [4.69, 9.17) is 4.52 Å². The Morgan fingerprint density at radius 3 is 2.62 bits per heavy atom. The number of rotatable bonds is 6. The van der Waals surface area contributed by atoms with Gasteiger partial charge in [0.2, 0.25) is 0 Å². The van der Waals surface area contributed by atoms with Gasteiger partial charge in [-0.05, 0) is 39.7 Å². The molecule has 0 aliphatic carbocycles. The first-order chi connectivity index (χ1) is 11.5. The first-order valence-corrected chi connectivity index (χ1v) is 9.17. The van der Waals surface area contributed by atoms with E-state index in [0.717, 1.165) is 24.0 Å². The molecule has 0 radical (unpaired) electrons. The number of guanidine groups is 1. The van der Waals surface area contributed by atoms with Crippen molar-refractivity contribution in [2.75, 3.05) is 33.2 Å². The summed E-state index contributed by atoms with van der Waals surface area (Å²) >= 11 is 0. The van der Waals surface area contributed by atoms with Crippen LogP contribution in [0.5, 0.6) is 0 Å². The molecule has 136 valence electrons. The second-order valence-electron chi connectivity index (χ2n) is 6.85. The molecular formula is C18H33N5O. The van der Waals surface area contributed by atoms with E-state index in [1.165, 1.54) is 44.5 Å². The molecule has 24 heavy (non-hydrogen) atoms. The van der Waals surface area contributed by atoms with E-state index in [-0.39, 0.29) is 0 Å². The molecule has 0 bridgehead atoms. The summed E-state index contributed by atoms with van der Waals surface area (Å²) in [5, 5.41) is 11.1. The lowest BCUT2D eigenvalue weighted by molar-refractivity contribution is 0.206. The molecule has 1 aromatic heterocycles. The van der Waals surface area contributed by atoms with Crippen molar-refractivity contribution in [3.05, 3.63) is 17.0 Å². The van der Waals surface area contributed by atoms with Gasteiger partial charge in [0.1, 0.15) is 5.76 Å². The molecule has 1 aliphatic heterocycles. The largest absolute Gasteiger partial charge is 0.361 e. The van der Waals surface area contributed by atoms with E-state index in [1.807, 2.05) is 20.9 Å². The molecule has 6 nitrogen and oxygen atoms in total. The third-order valence-corrected chi connectivity index (χ3v) is 4.85. The van der Waals surface area contributed by atoms with Gasteiger partial charge in [-0.15, -0.1) is 0 Å². The number of aliphatic imine (C=N–C) groups is 1. The molecule has 1 fully saturated rings. The Labute approximate surface area is 146 Å². The number of aromatic nitrogens is 1. The number of piperidine rings is 1. The lowest BCUT2D eigenvalue weighted by atomic mass is 9.99. The molecule has 0 saturated carbocycles. The average Bonchev–Trinajstić information content (AvgIpc) is 2.92. The minimum absolute atomic E-state index is 0.334. The van der Waals surface area contributed by atoms with Crippen LogP contribution in [-0.4, -0.2) is 55.3 Å². The molecule has 1 saturated heterocycles. The minimum atomic E-state index is 0.334. The zero-order valence-electron chi connectivity index (χ0n) is 15.9. The maximum Gasteiger partial charge on any atom is 0.191 e.